The lowest BCUT2D eigenvalue weighted by Crippen LogP contribution is -2.45. The van der Waals surface area contributed by atoms with Crippen molar-refractivity contribution in [2.24, 2.45) is 23.2 Å². The van der Waals surface area contributed by atoms with Crippen molar-refractivity contribution in [3.63, 3.8) is 0 Å². The molecule has 0 aromatic carbocycles. The lowest BCUT2D eigenvalue weighted by molar-refractivity contribution is -0.168. The minimum absolute atomic E-state index is 0.0430. The van der Waals surface area contributed by atoms with E-state index in [1.54, 1.807) is 12.2 Å². The molecule has 6 heteroatoms. The molecule has 0 spiro atoms. The molecule has 0 saturated carbocycles. The molecule has 188 valence electrons. The maximum absolute atomic E-state index is 13.5. The van der Waals surface area contributed by atoms with Crippen molar-refractivity contribution in [3.05, 3.63) is 49.1 Å². The first-order valence-electron chi connectivity index (χ1n) is 12.6. The van der Waals surface area contributed by atoms with Gasteiger partial charge < -0.3 is 19.7 Å². The van der Waals surface area contributed by atoms with Crippen LogP contribution < -0.4 is 0 Å². The fourth-order valence-electron chi connectivity index (χ4n) is 5.90. The molecule has 1 aliphatic heterocycles. The number of fused-ring (bicyclic) bond motifs is 1. The largest absolute Gasteiger partial charge is 0.462 e. The number of carbonyl (C=O) groups is 2. The Morgan fingerprint density at radius 1 is 1.24 bits per heavy atom. The van der Waals surface area contributed by atoms with Crippen LogP contribution in [0.3, 0.4) is 0 Å². The van der Waals surface area contributed by atoms with E-state index in [1.807, 2.05) is 19.1 Å². The molecule has 0 aromatic rings. The summed E-state index contributed by atoms with van der Waals surface area (Å²) in [6.07, 6.45) is 11.4. The maximum atomic E-state index is 13.5. The van der Waals surface area contributed by atoms with E-state index in [1.165, 1.54) is 0 Å². The average molecular weight is 473 g/mol. The van der Waals surface area contributed by atoms with E-state index in [-0.39, 0.29) is 42.2 Å². The van der Waals surface area contributed by atoms with Crippen LogP contribution >= 0.6 is 0 Å². The Balaban J connectivity index is 1.80. The highest BCUT2D eigenvalue weighted by atomic mass is 16.6. The number of aliphatic hydroxyl groups is 2. The van der Waals surface area contributed by atoms with E-state index in [4.69, 9.17) is 9.47 Å². The standard InChI is InChI=1S/C28H40O6/c1-5-12-28(7-3,13-6-2)27(32)34-24-16-20(29)14-19-9-8-18(4)23(26(19)24)11-10-22-15-21(30)17-25(31)33-22/h5-6,8-9,14,18,20-24,26,29-30H,1-2,7,10-13,15-17H2,3-4H3/t18-,20-,21-,22-,23+,24+,26+/m1/s1. The molecule has 6 nitrogen and oxygen atoms in total. The fourth-order valence-corrected chi connectivity index (χ4v) is 5.90. The van der Waals surface area contributed by atoms with Crippen LogP contribution in [0.4, 0.5) is 0 Å². The topological polar surface area (TPSA) is 93.1 Å². The van der Waals surface area contributed by atoms with Crippen molar-refractivity contribution in [1.82, 2.24) is 0 Å². The second-order valence-electron chi connectivity index (χ2n) is 10.2. The van der Waals surface area contributed by atoms with Crippen LogP contribution in [0.5, 0.6) is 0 Å². The van der Waals surface area contributed by atoms with Gasteiger partial charge in [-0.25, -0.2) is 0 Å². The Morgan fingerprint density at radius 3 is 2.56 bits per heavy atom. The summed E-state index contributed by atoms with van der Waals surface area (Å²) < 4.78 is 11.7. The molecule has 0 aromatic heterocycles. The molecule has 1 saturated heterocycles. The number of hydrogen-bond acceptors (Lipinski definition) is 6. The van der Waals surface area contributed by atoms with E-state index in [0.29, 0.717) is 38.5 Å². The fraction of sp³-hybridized carbons (Fsp3) is 0.643. The molecule has 2 N–H and O–H groups in total. The maximum Gasteiger partial charge on any atom is 0.312 e. The van der Waals surface area contributed by atoms with E-state index in [9.17, 15) is 19.8 Å². The zero-order chi connectivity index (χ0) is 24.9. The van der Waals surface area contributed by atoms with E-state index in [2.05, 4.69) is 26.2 Å². The summed E-state index contributed by atoms with van der Waals surface area (Å²) in [7, 11) is 0. The van der Waals surface area contributed by atoms with Crippen LogP contribution in [-0.2, 0) is 19.1 Å². The van der Waals surface area contributed by atoms with Gasteiger partial charge in [-0.2, -0.15) is 0 Å². The summed E-state index contributed by atoms with van der Waals surface area (Å²) in [5, 5.41) is 20.5. The molecule has 1 heterocycles. The molecule has 2 aliphatic carbocycles. The van der Waals surface area contributed by atoms with Gasteiger partial charge in [-0.3, -0.25) is 9.59 Å². The first kappa shape index (κ1) is 26.4. The highest BCUT2D eigenvalue weighted by molar-refractivity contribution is 5.77. The van der Waals surface area contributed by atoms with Crippen molar-refractivity contribution in [2.45, 2.75) is 89.6 Å². The first-order valence-corrected chi connectivity index (χ1v) is 12.6. The zero-order valence-corrected chi connectivity index (χ0v) is 20.5. The number of hydrogen-bond donors (Lipinski definition) is 2. The average Bonchev–Trinajstić information content (AvgIpc) is 2.77. The predicted molar refractivity (Wildman–Crippen MR) is 131 cm³/mol. The van der Waals surface area contributed by atoms with E-state index in [0.717, 1.165) is 12.0 Å². The molecule has 3 rings (SSSR count). The first-order chi connectivity index (χ1) is 16.2. The summed E-state index contributed by atoms with van der Waals surface area (Å²) >= 11 is 0. The van der Waals surface area contributed by atoms with Gasteiger partial charge in [0.1, 0.15) is 12.2 Å². The third-order valence-corrected chi connectivity index (χ3v) is 7.87. The van der Waals surface area contributed by atoms with Crippen molar-refractivity contribution in [3.8, 4) is 0 Å². The van der Waals surface area contributed by atoms with Crippen LogP contribution in [0, 0.1) is 23.2 Å². The van der Waals surface area contributed by atoms with Crippen molar-refractivity contribution < 1.29 is 29.3 Å². The Hall–Kier alpha value is -2.18. The van der Waals surface area contributed by atoms with Gasteiger partial charge in [0, 0.05) is 18.8 Å². The summed E-state index contributed by atoms with van der Waals surface area (Å²) in [6, 6.07) is 0. The third-order valence-electron chi connectivity index (χ3n) is 7.87. The Morgan fingerprint density at radius 2 is 1.94 bits per heavy atom. The molecule has 0 unspecified atom stereocenters. The Kier molecular flexibility index (Phi) is 8.94. The van der Waals surface area contributed by atoms with Crippen LogP contribution in [-0.4, -0.2) is 46.6 Å². The summed E-state index contributed by atoms with van der Waals surface area (Å²) in [5.41, 5.74) is 0.295. The highest BCUT2D eigenvalue weighted by Crippen LogP contribution is 2.45. The van der Waals surface area contributed by atoms with Crippen LogP contribution in [0.15, 0.2) is 49.1 Å². The molecule has 34 heavy (non-hydrogen) atoms. The number of carbonyl (C=O) groups excluding carboxylic acids is 2. The Labute approximate surface area is 203 Å². The van der Waals surface area contributed by atoms with Gasteiger partial charge in [-0.15, -0.1) is 13.2 Å². The number of aliphatic hydroxyl groups excluding tert-OH is 2. The van der Waals surface area contributed by atoms with E-state index >= 15 is 0 Å². The van der Waals surface area contributed by atoms with Crippen LogP contribution in [0.1, 0.15) is 65.2 Å². The van der Waals surface area contributed by atoms with Crippen LogP contribution in [0.2, 0.25) is 0 Å². The number of esters is 2. The molecule has 0 bridgehead atoms. The highest BCUT2D eigenvalue weighted by Gasteiger charge is 2.45. The predicted octanol–water partition coefficient (Wildman–Crippen LogP) is 4.42. The summed E-state index contributed by atoms with van der Waals surface area (Å²) in [6.45, 7) is 11.8. The van der Waals surface area contributed by atoms with Crippen molar-refractivity contribution >= 4 is 11.9 Å². The van der Waals surface area contributed by atoms with Gasteiger partial charge in [0.15, 0.2) is 0 Å². The van der Waals surface area contributed by atoms with Gasteiger partial charge in [0.05, 0.1) is 24.0 Å². The van der Waals surface area contributed by atoms with Gasteiger partial charge >= 0.3 is 11.9 Å². The minimum atomic E-state index is -0.701. The third kappa shape index (κ3) is 5.89. The quantitative estimate of drug-likeness (QED) is 0.361. The molecule has 3 aliphatic rings. The van der Waals surface area contributed by atoms with Gasteiger partial charge in [-0.1, -0.05) is 44.2 Å². The number of cyclic esters (lactones) is 1. The second kappa shape index (κ2) is 11.5. The SMILES string of the molecule is C=CCC(CC)(CC=C)C(=O)O[C@H]1C[C@H](O)C=C2C=C[C@@H](C)[C@H](CC[C@@H]3C[C@@H](O)CC(=O)O3)[C@H]21. The zero-order valence-electron chi connectivity index (χ0n) is 20.5. The minimum Gasteiger partial charge on any atom is -0.462 e. The van der Waals surface area contributed by atoms with Gasteiger partial charge in [0.2, 0.25) is 0 Å². The Bertz CT molecular complexity index is 817. The number of rotatable bonds is 10. The number of ether oxygens (including phenoxy) is 2. The normalized spacial score (nSPS) is 33.4. The van der Waals surface area contributed by atoms with E-state index < -0.39 is 23.7 Å². The van der Waals surface area contributed by atoms with Crippen molar-refractivity contribution in [1.29, 1.82) is 0 Å². The molecule has 0 amide bonds. The monoisotopic (exact) mass is 472 g/mol. The lowest BCUT2D eigenvalue weighted by Gasteiger charge is -2.44. The summed E-state index contributed by atoms with van der Waals surface area (Å²) in [4.78, 5) is 25.2. The smallest absolute Gasteiger partial charge is 0.312 e. The molecular weight excluding hydrogens is 432 g/mol. The number of allylic oxidation sites excluding steroid dienone is 4. The van der Waals surface area contributed by atoms with Gasteiger partial charge in [0.25, 0.3) is 0 Å². The summed E-state index contributed by atoms with van der Waals surface area (Å²) in [5.74, 6) is -0.264. The van der Waals surface area contributed by atoms with Crippen LogP contribution in [0.25, 0.3) is 0 Å². The molecular formula is C28H40O6. The second-order valence-corrected chi connectivity index (χ2v) is 10.2. The molecule has 1 fully saturated rings. The van der Waals surface area contributed by atoms with Gasteiger partial charge in [-0.05, 0) is 49.5 Å². The molecule has 7 atom stereocenters. The van der Waals surface area contributed by atoms with Crippen molar-refractivity contribution in [2.75, 3.05) is 0 Å². The lowest BCUT2D eigenvalue weighted by atomic mass is 9.66. The molecule has 0 radical (unpaired) electrons.